The van der Waals surface area contributed by atoms with Crippen LogP contribution < -0.4 is 4.31 Å². The Bertz CT molecular complexity index is 850. The molecule has 0 bridgehead atoms. The molecule has 3 rings (SSSR count). The summed E-state index contributed by atoms with van der Waals surface area (Å²) in [6.45, 7) is 5.84. The molecule has 2 aromatic rings. The molecule has 1 amide bonds. The summed E-state index contributed by atoms with van der Waals surface area (Å²) in [5.41, 5.74) is 0.480. The van der Waals surface area contributed by atoms with E-state index >= 15 is 0 Å². The highest BCUT2D eigenvalue weighted by Crippen LogP contribution is 2.42. The van der Waals surface area contributed by atoms with E-state index in [4.69, 9.17) is 0 Å². The van der Waals surface area contributed by atoms with E-state index in [-0.39, 0.29) is 16.7 Å². The van der Waals surface area contributed by atoms with Gasteiger partial charge >= 0.3 is 0 Å². The first kappa shape index (κ1) is 15.0. The van der Waals surface area contributed by atoms with Gasteiger partial charge in [0.2, 0.25) is 5.91 Å². The largest absolute Gasteiger partial charge is 0.273 e. The molecule has 5 heteroatoms. The predicted molar refractivity (Wildman–Crippen MR) is 87.2 cm³/mol. The van der Waals surface area contributed by atoms with Crippen molar-refractivity contribution in [1.29, 1.82) is 0 Å². The molecule has 0 aliphatic carbocycles. The second-order valence-electron chi connectivity index (χ2n) is 6.27. The lowest BCUT2D eigenvalue weighted by Gasteiger charge is -2.22. The van der Waals surface area contributed by atoms with Gasteiger partial charge in [0.1, 0.15) is 0 Å². The van der Waals surface area contributed by atoms with Crippen molar-refractivity contribution in [2.75, 3.05) is 4.31 Å². The zero-order valence-electron chi connectivity index (χ0n) is 12.9. The average molecular weight is 317 g/mol. The van der Waals surface area contributed by atoms with E-state index in [1.807, 2.05) is 26.0 Å². The summed E-state index contributed by atoms with van der Waals surface area (Å²) in [7, 11) is -3.79. The van der Waals surface area contributed by atoms with Crippen LogP contribution in [0, 0.1) is 11.8 Å². The molecule has 4 nitrogen and oxygen atoms in total. The number of sulfonamides is 1. The summed E-state index contributed by atoms with van der Waals surface area (Å²) < 4.78 is 26.6. The number of nitrogens with zero attached hydrogens (tertiary/aromatic N) is 1. The van der Waals surface area contributed by atoms with Crippen molar-refractivity contribution in [2.24, 2.45) is 11.8 Å². The Balaban J connectivity index is 2.16. The fraction of sp³-hybridized carbons (Fsp3) is 0.353. The summed E-state index contributed by atoms with van der Waals surface area (Å²) >= 11 is 0. The second kappa shape index (κ2) is 5.09. The van der Waals surface area contributed by atoms with Gasteiger partial charge in [-0.15, -0.1) is 0 Å². The lowest BCUT2D eigenvalue weighted by Crippen LogP contribution is -2.38. The van der Waals surface area contributed by atoms with E-state index in [1.54, 1.807) is 31.2 Å². The maximum Gasteiger partial charge on any atom is 0.271 e. The molecule has 0 N–H and O–H groups in total. The Morgan fingerprint density at radius 3 is 2.36 bits per heavy atom. The van der Waals surface area contributed by atoms with Crippen molar-refractivity contribution in [3.8, 4) is 0 Å². The van der Waals surface area contributed by atoms with E-state index in [1.165, 1.54) is 0 Å². The first-order chi connectivity index (χ1) is 10.3. The molecular weight excluding hydrogens is 298 g/mol. The highest BCUT2D eigenvalue weighted by atomic mass is 32.2. The van der Waals surface area contributed by atoms with Gasteiger partial charge in [0.15, 0.2) is 0 Å². The standard InChI is InChI=1S/C17H19NO3S/c1-11(2)10-12(3)17(19)18-14-8-4-6-13-7-5-9-15(16(13)14)22(18,20)21/h4-9,11-12H,10H2,1-3H3/t12-/m0/s1. The molecule has 1 heterocycles. The van der Waals surface area contributed by atoms with Crippen LogP contribution in [-0.4, -0.2) is 14.3 Å². The third-order valence-corrected chi connectivity index (χ3v) is 5.78. The van der Waals surface area contributed by atoms with E-state index in [0.29, 0.717) is 23.4 Å². The topological polar surface area (TPSA) is 54.5 Å². The number of hydrogen-bond donors (Lipinski definition) is 0. The Kier molecular flexibility index (Phi) is 3.48. The van der Waals surface area contributed by atoms with Crippen LogP contribution in [0.1, 0.15) is 27.2 Å². The van der Waals surface area contributed by atoms with Gasteiger partial charge < -0.3 is 0 Å². The highest BCUT2D eigenvalue weighted by Gasteiger charge is 2.41. The molecule has 1 aliphatic heterocycles. The van der Waals surface area contributed by atoms with Crippen molar-refractivity contribution >= 4 is 32.4 Å². The van der Waals surface area contributed by atoms with Crippen LogP contribution in [0.5, 0.6) is 0 Å². The third kappa shape index (κ3) is 2.11. The normalized spacial score (nSPS) is 17.2. The molecule has 22 heavy (non-hydrogen) atoms. The van der Waals surface area contributed by atoms with E-state index < -0.39 is 10.0 Å². The number of rotatable bonds is 3. The third-order valence-electron chi connectivity index (χ3n) is 4.03. The van der Waals surface area contributed by atoms with Crippen molar-refractivity contribution in [1.82, 2.24) is 0 Å². The van der Waals surface area contributed by atoms with Gasteiger partial charge in [-0.25, -0.2) is 12.7 Å². The number of hydrogen-bond acceptors (Lipinski definition) is 3. The van der Waals surface area contributed by atoms with Gasteiger partial charge in [0.05, 0.1) is 10.6 Å². The fourth-order valence-corrected chi connectivity index (χ4v) is 4.90. The van der Waals surface area contributed by atoms with Crippen molar-refractivity contribution < 1.29 is 13.2 Å². The number of carbonyl (C=O) groups is 1. The van der Waals surface area contributed by atoms with E-state index in [2.05, 4.69) is 0 Å². The van der Waals surface area contributed by atoms with Crippen LogP contribution >= 0.6 is 0 Å². The van der Waals surface area contributed by atoms with Gasteiger partial charge in [-0.05, 0) is 29.9 Å². The molecular formula is C17H19NO3S. The number of benzene rings is 2. The van der Waals surface area contributed by atoms with Crippen molar-refractivity contribution in [2.45, 2.75) is 32.1 Å². The lowest BCUT2D eigenvalue weighted by atomic mass is 9.98. The second-order valence-corrected chi connectivity index (χ2v) is 8.02. The van der Waals surface area contributed by atoms with Crippen LogP contribution in [0.15, 0.2) is 41.3 Å². The van der Waals surface area contributed by atoms with E-state index in [9.17, 15) is 13.2 Å². The van der Waals surface area contributed by atoms with Crippen LogP contribution in [0.4, 0.5) is 5.69 Å². The molecule has 1 atom stereocenters. The molecule has 0 fully saturated rings. The molecule has 0 saturated carbocycles. The Morgan fingerprint density at radius 1 is 1.09 bits per heavy atom. The fourth-order valence-electron chi connectivity index (χ4n) is 3.14. The zero-order chi connectivity index (χ0) is 16.1. The van der Waals surface area contributed by atoms with E-state index in [0.717, 1.165) is 9.69 Å². The van der Waals surface area contributed by atoms with Crippen LogP contribution in [0.2, 0.25) is 0 Å². The highest BCUT2D eigenvalue weighted by molar-refractivity contribution is 7.94. The lowest BCUT2D eigenvalue weighted by molar-refractivity contribution is -0.121. The number of anilines is 1. The Labute approximate surface area is 130 Å². The summed E-state index contributed by atoms with van der Waals surface area (Å²) in [5.74, 6) is -0.348. The molecule has 0 saturated heterocycles. The summed E-state index contributed by atoms with van der Waals surface area (Å²) in [6.07, 6.45) is 0.664. The molecule has 1 aliphatic rings. The van der Waals surface area contributed by atoms with Crippen LogP contribution in [0.25, 0.3) is 10.8 Å². The molecule has 116 valence electrons. The number of amides is 1. The minimum absolute atomic E-state index is 0.227. The Hall–Kier alpha value is -1.88. The predicted octanol–water partition coefficient (Wildman–Crippen LogP) is 3.56. The Morgan fingerprint density at radius 2 is 1.73 bits per heavy atom. The first-order valence-electron chi connectivity index (χ1n) is 7.45. The molecule has 2 aromatic carbocycles. The quantitative estimate of drug-likeness (QED) is 0.870. The van der Waals surface area contributed by atoms with Gasteiger partial charge in [-0.3, -0.25) is 4.79 Å². The molecule has 0 spiro atoms. The minimum Gasteiger partial charge on any atom is -0.273 e. The zero-order valence-corrected chi connectivity index (χ0v) is 13.7. The summed E-state index contributed by atoms with van der Waals surface area (Å²) in [6, 6.07) is 10.5. The first-order valence-corrected chi connectivity index (χ1v) is 8.89. The smallest absolute Gasteiger partial charge is 0.271 e. The van der Waals surface area contributed by atoms with Gasteiger partial charge in [-0.1, -0.05) is 45.0 Å². The minimum atomic E-state index is -3.79. The SMILES string of the molecule is CC(C)C[C@H](C)C(=O)N1c2cccc3cccc(c23)S1(=O)=O. The van der Waals surface area contributed by atoms with Gasteiger partial charge in [0, 0.05) is 11.3 Å². The molecule has 0 radical (unpaired) electrons. The van der Waals surface area contributed by atoms with Gasteiger partial charge in [-0.2, -0.15) is 0 Å². The van der Waals surface area contributed by atoms with Crippen molar-refractivity contribution in [3.05, 3.63) is 36.4 Å². The maximum absolute atomic E-state index is 12.8. The molecule has 0 aromatic heterocycles. The maximum atomic E-state index is 12.8. The van der Waals surface area contributed by atoms with Crippen LogP contribution in [-0.2, 0) is 14.8 Å². The monoisotopic (exact) mass is 317 g/mol. The summed E-state index contributed by atoms with van der Waals surface area (Å²) in [5, 5.41) is 1.49. The number of carbonyl (C=O) groups excluding carboxylic acids is 1. The van der Waals surface area contributed by atoms with Crippen LogP contribution in [0.3, 0.4) is 0 Å². The summed E-state index contributed by atoms with van der Waals surface area (Å²) in [4.78, 5) is 13.0. The van der Waals surface area contributed by atoms with Gasteiger partial charge in [0.25, 0.3) is 10.0 Å². The average Bonchev–Trinajstić information content (AvgIpc) is 2.68. The van der Waals surface area contributed by atoms with Crippen molar-refractivity contribution in [3.63, 3.8) is 0 Å². The molecule has 0 unspecified atom stereocenters.